The minimum absolute atomic E-state index is 0.263. The minimum Gasteiger partial charge on any atom is -0.361 e. The molecule has 0 spiro atoms. The molecule has 0 amide bonds. The van der Waals surface area contributed by atoms with Gasteiger partial charge in [0.2, 0.25) is 0 Å². The Hall–Kier alpha value is -3.77. The second-order valence-corrected chi connectivity index (χ2v) is 10.6. The molecule has 172 valence electrons. The zero-order valence-electron chi connectivity index (χ0n) is 19.0. The van der Waals surface area contributed by atoms with Crippen molar-refractivity contribution < 1.29 is 8.42 Å². The summed E-state index contributed by atoms with van der Waals surface area (Å²) in [6.45, 7) is 2.37. The number of benzene rings is 4. The molecule has 5 rings (SSSR count). The van der Waals surface area contributed by atoms with Crippen molar-refractivity contribution in [3.63, 3.8) is 0 Å². The molecule has 0 aliphatic carbocycles. The molecule has 1 aliphatic heterocycles. The van der Waals surface area contributed by atoms with E-state index in [2.05, 4.69) is 17.6 Å². The molecule has 5 nitrogen and oxygen atoms in total. The second-order valence-electron chi connectivity index (χ2n) is 8.78. The Morgan fingerprint density at radius 1 is 0.676 bits per heavy atom. The van der Waals surface area contributed by atoms with Gasteiger partial charge in [0, 0.05) is 6.42 Å². The summed E-state index contributed by atoms with van der Waals surface area (Å²) >= 11 is 0. The van der Waals surface area contributed by atoms with Crippen LogP contribution in [0.3, 0.4) is 0 Å². The van der Waals surface area contributed by atoms with Crippen molar-refractivity contribution in [3.8, 4) is 0 Å². The summed E-state index contributed by atoms with van der Waals surface area (Å²) in [5, 5.41) is 7.07. The van der Waals surface area contributed by atoms with E-state index in [9.17, 15) is 8.42 Å². The average Bonchev–Trinajstić information content (AvgIpc) is 3.19. The zero-order valence-corrected chi connectivity index (χ0v) is 19.8. The van der Waals surface area contributed by atoms with Gasteiger partial charge in [-0.2, -0.15) is 0 Å². The Kier molecular flexibility index (Phi) is 5.75. The normalized spacial score (nSPS) is 14.0. The zero-order chi connectivity index (χ0) is 23.6. The third-order valence-electron chi connectivity index (χ3n) is 6.03. The van der Waals surface area contributed by atoms with Gasteiger partial charge < -0.3 is 10.6 Å². The van der Waals surface area contributed by atoms with Crippen LogP contribution in [-0.4, -0.2) is 14.1 Å². The smallest absolute Gasteiger partial charge is 0.264 e. The Bertz CT molecular complexity index is 1350. The summed E-state index contributed by atoms with van der Waals surface area (Å²) in [7, 11) is -3.75. The number of anilines is 3. The highest BCUT2D eigenvalue weighted by atomic mass is 32.2. The van der Waals surface area contributed by atoms with Gasteiger partial charge in [0.1, 0.15) is 5.66 Å². The van der Waals surface area contributed by atoms with Gasteiger partial charge in [-0.25, -0.2) is 8.42 Å². The van der Waals surface area contributed by atoms with Crippen LogP contribution >= 0.6 is 0 Å². The van der Waals surface area contributed by atoms with Crippen LogP contribution in [0.4, 0.5) is 17.1 Å². The van der Waals surface area contributed by atoms with Gasteiger partial charge in [0.05, 0.1) is 28.5 Å². The molecule has 0 atom stereocenters. The van der Waals surface area contributed by atoms with Gasteiger partial charge in [0.25, 0.3) is 10.0 Å². The van der Waals surface area contributed by atoms with Gasteiger partial charge in [-0.1, -0.05) is 72.8 Å². The van der Waals surface area contributed by atoms with E-state index in [-0.39, 0.29) is 17.1 Å². The van der Waals surface area contributed by atoms with Gasteiger partial charge in [-0.3, -0.25) is 4.31 Å². The van der Waals surface area contributed by atoms with Crippen LogP contribution < -0.4 is 14.9 Å². The van der Waals surface area contributed by atoms with Crippen molar-refractivity contribution in [1.82, 2.24) is 0 Å². The predicted octanol–water partition coefficient (Wildman–Crippen LogP) is 5.88. The maximum Gasteiger partial charge on any atom is 0.264 e. The Morgan fingerprint density at radius 2 is 1.21 bits per heavy atom. The molecule has 0 aromatic heterocycles. The molecule has 0 unspecified atom stereocenters. The Morgan fingerprint density at radius 3 is 1.79 bits per heavy atom. The fraction of sp³-hybridized carbons (Fsp3) is 0.143. The lowest BCUT2D eigenvalue weighted by molar-refractivity contribution is 0.589. The third-order valence-corrected chi connectivity index (χ3v) is 7.82. The number of fused-ring (bicyclic) bond motifs is 1. The highest BCUT2D eigenvalue weighted by Crippen LogP contribution is 2.35. The quantitative estimate of drug-likeness (QED) is 0.355. The first kappa shape index (κ1) is 22.0. The van der Waals surface area contributed by atoms with Crippen LogP contribution in [0.2, 0.25) is 0 Å². The molecule has 34 heavy (non-hydrogen) atoms. The minimum atomic E-state index is -3.75. The molecule has 4 aromatic carbocycles. The molecular formula is C28H27N3O2S. The summed E-state index contributed by atoms with van der Waals surface area (Å²) in [5.74, 6) is 0. The largest absolute Gasteiger partial charge is 0.361 e. The molecular weight excluding hydrogens is 442 g/mol. The fourth-order valence-electron chi connectivity index (χ4n) is 4.39. The topological polar surface area (TPSA) is 61.4 Å². The Labute approximate surface area is 201 Å². The van der Waals surface area contributed by atoms with Crippen LogP contribution in [0.15, 0.2) is 114 Å². The lowest BCUT2D eigenvalue weighted by atomic mass is 10.0. The van der Waals surface area contributed by atoms with Crippen molar-refractivity contribution in [3.05, 3.63) is 120 Å². The van der Waals surface area contributed by atoms with E-state index in [1.807, 2.05) is 97.1 Å². The first-order chi connectivity index (χ1) is 16.4. The van der Waals surface area contributed by atoms with Crippen LogP contribution in [0.1, 0.15) is 18.1 Å². The lowest BCUT2D eigenvalue weighted by Gasteiger charge is -2.27. The summed E-state index contributed by atoms with van der Waals surface area (Å²) in [4.78, 5) is 0.275. The molecule has 1 aliphatic rings. The number of hydrogen-bond acceptors (Lipinski definition) is 4. The van der Waals surface area contributed by atoms with Gasteiger partial charge in [0.15, 0.2) is 0 Å². The average molecular weight is 470 g/mol. The predicted molar refractivity (Wildman–Crippen MR) is 138 cm³/mol. The van der Waals surface area contributed by atoms with Crippen LogP contribution in [0, 0.1) is 0 Å². The number of rotatable bonds is 7. The van der Waals surface area contributed by atoms with Crippen molar-refractivity contribution in [2.75, 3.05) is 14.9 Å². The monoisotopic (exact) mass is 469 g/mol. The highest BCUT2D eigenvalue weighted by Gasteiger charge is 2.31. The molecule has 0 radical (unpaired) electrons. The van der Waals surface area contributed by atoms with E-state index in [0.29, 0.717) is 12.1 Å². The molecule has 0 fully saturated rings. The van der Waals surface area contributed by atoms with Crippen molar-refractivity contribution >= 4 is 27.1 Å². The van der Waals surface area contributed by atoms with Crippen molar-refractivity contribution in [2.45, 2.75) is 30.4 Å². The summed E-state index contributed by atoms with van der Waals surface area (Å²) in [6, 6.07) is 34.2. The highest BCUT2D eigenvalue weighted by molar-refractivity contribution is 7.92. The summed E-state index contributed by atoms with van der Waals surface area (Å²) < 4.78 is 28.9. The number of nitrogens with one attached hydrogen (secondary N) is 2. The number of nitrogens with zero attached hydrogens (tertiary/aromatic N) is 1. The van der Waals surface area contributed by atoms with E-state index < -0.39 is 10.0 Å². The van der Waals surface area contributed by atoms with E-state index in [1.165, 1.54) is 4.31 Å². The van der Waals surface area contributed by atoms with Gasteiger partial charge >= 0.3 is 0 Å². The van der Waals surface area contributed by atoms with E-state index in [1.54, 1.807) is 12.1 Å². The maximum absolute atomic E-state index is 13.7. The fourth-order valence-corrected chi connectivity index (χ4v) is 5.84. The SMILES string of the molecule is CC1(Cc2ccc(S(=O)(=O)N(Cc3ccccc3)c3ccccc3)cc2)Nc2ccccc2N1. The standard InChI is InChI=1S/C28H27N3O2S/c1-28(29-26-14-8-9-15-27(26)30-28)20-22-16-18-25(19-17-22)34(32,33)31(24-12-6-3-7-13-24)21-23-10-4-2-5-11-23/h2-19,29-30H,20-21H2,1H3. The molecule has 4 aromatic rings. The summed E-state index contributed by atoms with van der Waals surface area (Å²) in [6.07, 6.45) is 0.703. The molecule has 2 N–H and O–H groups in total. The van der Waals surface area contributed by atoms with Gasteiger partial charge in [-0.15, -0.1) is 0 Å². The molecule has 6 heteroatoms. The molecule has 0 saturated heterocycles. The van der Waals surface area contributed by atoms with Crippen molar-refractivity contribution in [1.29, 1.82) is 0 Å². The first-order valence-corrected chi connectivity index (χ1v) is 12.7. The van der Waals surface area contributed by atoms with E-state index >= 15 is 0 Å². The molecule has 1 heterocycles. The number of sulfonamides is 1. The molecule has 0 bridgehead atoms. The van der Waals surface area contributed by atoms with Crippen LogP contribution in [0.5, 0.6) is 0 Å². The first-order valence-electron chi connectivity index (χ1n) is 11.3. The second kappa shape index (κ2) is 8.88. The number of hydrogen-bond donors (Lipinski definition) is 2. The number of para-hydroxylation sites is 3. The van der Waals surface area contributed by atoms with E-state index in [4.69, 9.17) is 0 Å². The Balaban J connectivity index is 1.39. The lowest BCUT2D eigenvalue weighted by Crippen LogP contribution is -2.40. The third kappa shape index (κ3) is 4.50. The van der Waals surface area contributed by atoms with Crippen molar-refractivity contribution in [2.24, 2.45) is 0 Å². The molecule has 0 saturated carbocycles. The van der Waals surface area contributed by atoms with Gasteiger partial charge in [-0.05, 0) is 54.4 Å². The summed E-state index contributed by atoms with van der Waals surface area (Å²) in [5.41, 5.74) is 4.42. The van der Waals surface area contributed by atoms with E-state index in [0.717, 1.165) is 22.5 Å². The van der Waals surface area contributed by atoms with Crippen LogP contribution in [0.25, 0.3) is 0 Å². The maximum atomic E-state index is 13.7. The van der Waals surface area contributed by atoms with Crippen LogP contribution in [-0.2, 0) is 23.0 Å².